The molecule has 0 spiro atoms. The number of hydrogen-bond donors (Lipinski definition) is 1. The molecule has 0 atom stereocenters. The molecular formula is C12H12BrNO. The van der Waals surface area contributed by atoms with Crippen molar-refractivity contribution in [3.05, 3.63) is 33.9 Å². The van der Waals surface area contributed by atoms with Gasteiger partial charge >= 0.3 is 0 Å². The van der Waals surface area contributed by atoms with Gasteiger partial charge in [0.1, 0.15) is 5.75 Å². The number of pyridine rings is 1. The van der Waals surface area contributed by atoms with Gasteiger partial charge in [-0.3, -0.25) is 4.98 Å². The molecule has 0 unspecified atom stereocenters. The van der Waals surface area contributed by atoms with Crippen LogP contribution in [-0.4, -0.2) is 10.1 Å². The summed E-state index contributed by atoms with van der Waals surface area (Å²) < 4.78 is 0.941. The Morgan fingerprint density at radius 2 is 2.07 bits per heavy atom. The Hall–Kier alpha value is -1.09. The quantitative estimate of drug-likeness (QED) is 0.855. The highest BCUT2D eigenvalue weighted by Gasteiger charge is 2.07. The molecule has 0 saturated carbocycles. The molecule has 1 aromatic heterocycles. The number of aromatic nitrogens is 1. The Kier molecular flexibility index (Phi) is 2.65. The van der Waals surface area contributed by atoms with E-state index in [-0.39, 0.29) is 0 Å². The van der Waals surface area contributed by atoms with Gasteiger partial charge in [-0.05, 0) is 47.0 Å². The molecule has 3 heteroatoms. The number of fused-ring (bicyclic) bond motifs is 1. The van der Waals surface area contributed by atoms with Crippen LogP contribution in [0.25, 0.3) is 10.9 Å². The van der Waals surface area contributed by atoms with Crippen LogP contribution in [0, 0.1) is 6.92 Å². The molecule has 2 nitrogen and oxygen atoms in total. The second-order valence-electron chi connectivity index (χ2n) is 3.61. The van der Waals surface area contributed by atoms with Crippen LogP contribution in [-0.2, 0) is 6.42 Å². The standard InChI is InChI=1S/C12H12BrNO/c1-3-8-5-9-11(15)4-7(2)14-12(9)10(13)6-8/h4-6H,3H2,1-2H3,(H,14,15). The topological polar surface area (TPSA) is 33.1 Å². The molecular weight excluding hydrogens is 254 g/mol. The molecule has 0 aliphatic heterocycles. The van der Waals surface area contributed by atoms with Crippen LogP contribution in [0.3, 0.4) is 0 Å². The Balaban J connectivity index is 2.85. The van der Waals surface area contributed by atoms with Gasteiger partial charge in [-0.2, -0.15) is 0 Å². The molecule has 0 radical (unpaired) electrons. The van der Waals surface area contributed by atoms with Crippen molar-refractivity contribution in [2.45, 2.75) is 20.3 Å². The van der Waals surface area contributed by atoms with Gasteiger partial charge in [-0.1, -0.05) is 6.92 Å². The van der Waals surface area contributed by atoms with Gasteiger partial charge < -0.3 is 5.11 Å². The van der Waals surface area contributed by atoms with Crippen molar-refractivity contribution < 1.29 is 5.11 Å². The van der Waals surface area contributed by atoms with E-state index in [0.717, 1.165) is 27.5 Å². The second kappa shape index (κ2) is 3.81. The second-order valence-corrected chi connectivity index (χ2v) is 4.46. The summed E-state index contributed by atoms with van der Waals surface area (Å²) in [7, 11) is 0. The van der Waals surface area contributed by atoms with E-state index < -0.39 is 0 Å². The molecule has 1 N–H and O–H groups in total. The highest BCUT2D eigenvalue weighted by atomic mass is 79.9. The molecule has 1 aromatic carbocycles. The first-order chi connectivity index (χ1) is 7.11. The summed E-state index contributed by atoms with van der Waals surface area (Å²) in [4.78, 5) is 4.40. The van der Waals surface area contributed by atoms with Crippen LogP contribution < -0.4 is 0 Å². The maximum atomic E-state index is 9.84. The molecule has 0 bridgehead atoms. The van der Waals surface area contributed by atoms with E-state index in [2.05, 4.69) is 27.8 Å². The van der Waals surface area contributed by atoms with Gasteiger partial charge in [-0.15, -0.1) is 0 Å². The highest BCUT2D eigenvalue weighted by Crippen LogP contribution is 2.31. The van der Waals surface area contributed by atoms with Crippen LogP contribution in [0.4, 0.5) is 0 Å². The van der Waals surface area contributed by atoms with E-state index in [1.165, 1.54) is 5.56 Å². The summed E-state index contributed by atoms with van der Waals surface area (Å²) in [6.07, 6.45) is 0.946. The molecule has 78 valence electrons. The fraction of sp³-hybridized carbons (Fsp3) is 0.250. The molecule has 2 rings (SSSR count). The fourth-order valence-electron chi connectivity index (χ4n) is 1.65. The third kappa shape index (κ3) is 1.84. The minimum Gasteiger partial charge on any atom is -0.507 e. The lowest BCUT2D eigenvalue weighted by Crippen LogP contribution is -1.88. The lowest BCUT2D eigenvalue weighted by atomic mass is 10.1. The van der Waals surface area contributed by atoms with Gasteiger partial charge in [-0.25, -0.2) is 0 Å². The molecule has 0 amide bonds. The summed E-state index contributed by atoms with van der Waals surface area (Å²) in [6, 6.07) is 5.73. The van der Waals surface area contributed by atoms with Crippen LogP contribution in [0.5, 0.6) is 5.75 Å². The van der Waals surface area contributed by atoms with E-state index in [1.807, 2.05) is 19.1 Å². The van der Waals surface area contributed by atoms with E-state index in [0.29, 0.717) is 5.75 Å². The van der Waals surface area contributed by atoms with Gasteiger partial charge in [0.05, 0.1) is 5.52 Å². The van der Waals surface area contributed by atoms with E-state index in [1.54, 1.807) is 6.07 Å². The van der Waals surface area contributed by atoms with Crippen molar-refractivity contribution in [3.8, 4) is 5.75 Å². The largest absolute Gasteiger partial charge is 0.507 e. The van der Waals surface area contributed by atoms with Gasteiger partial charge in [0.15, 0.2) is 0 Å². The number of aryl methyl sites for hydroxylation is 2. The molecule has 2 aromatic rings. The number of hydrogen-bond acceptors (Lipinski definition) is 2. The van der Waals surface area contributed by atoms with Crippen molar-refractivity contribution in [1.29, 1.82) is 0 Å². The van der Waals surface area contributed by atoms with Crippen molar-refractivity contribution in [1.82, 2.24) is 4.98 Å². The minimum atomic E-state index is 0.300. The number of aromatic hydroxyl groups is 1. The van der Waals surface area contributed by atoms with Crippen LogP contribution in [0.1, 0.15) is 18.2 Å². The monoisotopic (exact) mass is 265 g/mol. The number of benzene rings is 1. The van der Waals surface area contributed by atoms with Crippen LogP contribution >= 0.6 is 15.9 Å². The first kappa shape index (κ1) is 10.4. The van der Waals surface area contributed by atoms with Gasteiger partial charge in [0.25, 0.3) is 0 Å². The highest BCUT2D eigenvalue weighted by molar-refractivity contribution is 9.10. The average molecular weight is 266 g/mol. The minimum absolute atomic E-state index is 0.300. The zero-order valence-corrected chi connectivity index (χ0v) is 10.3. The number of nitrogens with zero attached hydrogens (tertiary/aromatic N) is 1. The Morgan fingerprint density at radius 1 is 1.33 bits per heavy atom. The van der Waals surface area contributed by atoms with Crippen molar-refractivity contribution in [2.24, 2.45) is 0 Å². The van der Waals surface area contributed by atoms with Crippen LogP contribution in [0.2, 0.25) is 0 Å². The SMILES string of the molecule is CCc1cc(Br)c2nc(C)cc(O)c2c1. The lowest BCUT2D eigenvalue weighted by Gasteiger charge is -2.06. The Bertz CT molecular complexity index is 523. The first-order valence-corrected chi connectivity index (χ1v) is 5.70. The summed E-state index contributed by atoms with van der Waals surface area (Å²) in [6.45, 7) is 3.96. The van der Waals surface area contributed by atoms with Gasteiger partial charge in [0.2, 0.25) is 0 Å². The van der Waals surface area contributed by atoms with Crippen molar-refractivity contribution >= 4 is 26.8 Å². The van der Waals surface area contributed by atoms with Crippen molar-refractivity contribution in [3.63, 3.8) is 0 Å². The predicted molar refractivity (Wildman–Crippen MR) is 65.2 cm³/mol. The Labute approximate surface area is 97.1 Å². The third-order valence-electron chi connectivity index (χ3n) is 2.44. The molecule has 0 aliphatic carbocycles. The average Bonchev–Trinajstić information content (AvgIpc) is 2.19. The lowest BCUT2D eigenvalue weighted by molar-refractivity contribution is 0.480. The molecule has 1 heterocycles. The fourth-order valence-corrected chi connectivity index (χ4v) is 2.25. The number of rotatable bonds is 1. The Morgan fingerprint density at radius 3 is 2.73 bits per heavy atom. The zero-order chi connectivity index (χ0) is 11.0. The van der Waals surface area contributed by atoms with Crippen molar-refractivity contribution in [2.75, 3.05) is 0 Å². The normalized spacial score (nSPS) is 10.9. The molecule has 0 saturated heterocycles. The first-order valence-electron chi connectivity index (χ1n) is 4.90. The molecule has 0 aliphatic rings. The number of halogens is 1. The maximum Gasteiger partial charge on any atom is 0.126 e. The summed E-state index contributed by atoms with van der Waals surface area (Å²) in [5, 5.41) is 10.6. The van der Waals surface area contributed by atoms with E-state index in [4.69, 9.17) is 0 Å². The zero-order valence-electron chi connectivity index (χ0n) is 8.71. The smallest absolute Gasteiger partial charge is 0.126 e. The van der Waals surface area contributed by atoms with E-state index in [9.17, 15) is 5.11 Å². The predicted octanol–water partition coefficient (Wildman–Crippen LogP) is 3.57. The van der Waals surface area contributed by atoms with Gasteiger partial charge in [0, 0.05) is 21.6 Å². The summed E-state index contributed by atoms with van der Waals surface area (Å²) >= 11 is 3.48. The molecule has 0 fully saturated rings. The molecule has 15 heavy (non-hydrogen) atoms. The van der Waals surface area contributed by atoms with E-state index >= 15 is 0 Å². The third-order valence-corrected chi connectivity index (χ3v) is 3.05. The maximum absolute atomic E-state index is 9.84. The summed E-state index contributed by atoms with van der Waals surface area (Å²) in [5.41, 5.74) is 2.84. The summed E-state index contributed by atoms with van der Waals surface area (Å²) in [5.74, 6) is 0.300. The van der Waals surface area contributed by atoms with Crippen LogP contribution in [0.15, 0.2) is 22.7 Å².